The first kappa shape index (κ1) is 11.0. The van der Waals surface area contributed by atoms with Crippen molar-refractivity contribution in [1.82, 2.24) is 0 Å². The summed E-state index contributed by atoms with van der Waals surface area (Å²) in [5.41, 5.74) is 6.68. The van der Waals surface area contributed by atoms with Crippen LogP contribution in [0, 0.1) is 17.3 Å². The van der Waals surface area contributed by atoms with Crippen molar-refractivity contribution < 1.29 is 4.74 Å². The van der Waals surface area contributed by atoms with Crippen molar-refractivity contribution in [1.29, 1.82) is 0 Å². The molecule has 3 unspecified atom stereocenters. The van der Waals surface area contributed by atoms with E-state index in [-0.39, 0.29) is 0 Å². The van der Waals surface area contributed by atoms with Gasteiger partial charge in [0.25, 0.3) is 0 Å². The molecule has 0 radical (unpaired) electrons. The Morgan fingerprint density at radius 3 is 2.46 bits per heavy atom. The molecule has 0 saturated heterocycles. The maximum absolute atomic E-state index is 6.18. The van der Waals surface area contributed by atoms with Crippen LogP contribution in [0.5, 0.6) is 0 Å². The van der Waals surface area contributed by atoms with Gasteiger partial charge in [0.05, 0.1) is 0 Å². The number of ether oxygens (including phenoxy) is 1. The fourth-order valence-corrected chi connectivity index (χ4v) is 2.06. The van der Waals surface area contributed by atoms with Crippen LogP contribution in [-0.4, -0.2) is 19.8 Å². The first-order chi connectivity index (χ1) is 5.99. The van der Waals surface area contributed by atoms with Gasteiger partial charge in [0, 0.05) is 19.8 Å². The van der Waals surface area contributed by atoms with Gasteiger partial charge < -0.3 is 10.5 Å². The molecule has 0 bridgehead atoms. The highest BCUT2D eigenvalue weighted by Crippen LogP contribution is 2.54. The predicted octanol–water partition coefficient (Wildman–Crippen LogP) is 2.03. The molecule has 2 N–H and O–H groups in total. The van der Waals surface area contributed by atoms with E-state index in [1.54, 1.807) is 7.11 Å². The van der Waals surface area contributed by atoms with Crippen LogP contribution in [0.25, 0.3) is 0 Å². The molecular weight excluding hydrogens is 162 g/mol. The van der Waals surface area contributed by atoms with Crippen molar-refractivity contribution in [3.05, 3.63) is 0 Å². The molecule has 1 fully saturated rings. The van der Waals surface area contributed by atoms with E-state index in [2.05, 4.69) is 20.8 Å². The number of hydrogen-bond donors (Lipinski definition) is 1. The van der Waals surface area contributed by atoms with Gasteiger partial charge in [0.2, 0.25) is 0 Å². The van der Waals surface area contributed by atoms with E-state index < -0.39 is 0 Å². The Balaban J connectivity index is 2.27. The Labute approximate surface area is 81.8 Å². The van der Waals surface area contributed by atoms with E-state index in [0.717, 1.165) is 18.9 Å². The molecule has 0 heterocycles. The summed E-state index contributed by atoms with van der Waals surface area (Å²) in [6, 6.07) is 0.366. The Morgan fingerprint density at radius 2 is 2.08 bits per heavy atom. The first-order valence-electron chi connectivity index (χ1n) is 5.23. The van der Waals surface area contributed by atoms with Crippen LogP contribution >= 0.6 is 0 Å². The third-order valence-electron chi connectivity index (χ3n) is 3.49. The molecule has 1 rings (SSSR count). The highest BCUT2D eigenvalue weighted by molar-refractivity contribution is 5.01. The Morgan fingerprint density at radius 1 is 1.54 bits per heavy atom. The molecule has 13 heavy (non-hydrogen) atoms. The normalized spacial score (nSPS) is 29.8. The number of hydrogen-bond acceptors (Lipinski definition) is 2. The second-order valence-corrected chi connectivity index (χ2v) is 5.14. The zero-order chi connectivity index (χ0) is 10.1. The summed E-state index contributed by atoms with van der Waals surface area (Å²) in [5, 5.41) is 0. The molecule has 3 atom stereocenters. The van der Waals surface area contributed by atoms with Gasteiger partial charge in [-0.3, -0.25) is 0 Å². The van der Waals surface area contributed by atoms with Gasteiger partial charge in [-0.1, -0.05) is 20.8 Å². The van der Waals surface area contributed by atoms with Gasteiger partial charge in [-0.25, -0.2) is 0 Å². The molecule has 0 aromatic heterocycles. The average molecular weight is 185 g/mol. The fraction of sp³-hybridized carbons (Fsp3) is 1.00. The minimum Gasteiger partial charge on any atom is -0.385 e. The molecule has 1 aliphatic carbocycles. The molecule has 0 aromatic carbocycles. The van der Waals surface area contributed by atoms with Crippen molar-refractivity contribution in [3.63, 3.8) is 0 Å². The van der Waals surface area contributed by atoms with Crippen LogP contribution in [-0.2, 0) is 4.74 Å². The van der Waals surface area contributed by atoms with E-state index in [0.29, 0.717) is 17.4 Å². The quantitative estimate of drug-likeness (QED) is 0.711. The number of methoxy groups -OCH3 is 1. The molecular formula is C11H23NO. The third kappa shape index (κ3) is 2.68. The summed E-state index contributed by atoms with van der Waals surface area (Å²) < 4.78 is 5.06. The van der Waals surface area contributed by atoms with E-state index in [1.165, 1.54) is 6.42 Å². The Kier molecular flexibility index (Phi) is 3.36. The minimum atomic E-state index is 0.366. The second kappa shape index (κ2) is 3.97. The maximum Gasteiger partial charge on any atom is 0.0465 e. The van der Waals surface area contributed by atoms with Crippen LogP contribution in [0.3, 0.4) is 0 Å². The van der Waals surface area contributed by atoms with Gasteiger partial charge in [0.15, 0.2) is 0 Å². The van der Waals surface area contributed by atoms with Crippen LogP contribution in [0.15, 0.2) is 0 Å². The smallest absolute Gasteiger partial charge is 0.0465 e. The zero-order valence-corrected chi connectivity index (χ0v) is 9.34. The molecule has 1 saturated carbocycles. The highest BCUT2D eigenvalue weighted by atomic mass is 16.5. The van der Waals surface area contributed by atoms with Crippen molar-refractivity contribution in [2.45, 2.75) is 39.7 Å². The van der Waals surface area contributed by atoms with Crippen molar-refractivity contribution in [3.8, 4) is 0 Å². The minimum absolute atomic E-state index is 0.366. The summed E-state index contributed by atoms with van der Waals surface area (Å²) >= 11 is 0. The lowest BCUT2D eigenvalue weighted by atomic mass is 9.92. The topological polar surface area (TPSA) is 35.2 Å². The monoisotopic (exact) mass is 185 g/mol. The first-order valence-corrected chi connectivity index (χ1v) is 5.23. The van der Waals surface area contributed by atoms with Gasteiger partial charge in [0.1, 0.15) is 0 Å². The van der Waals surface area contributed by atoms with Gasteiger partial charge in [-0.15, -0.1) is 0 Å². The summed E-state index contributed by atoms with van der Waals surface area (Å²) in [6.07, 6.45) is 2.38. The van der Waals surface area contributed by atoms with Crippen LogP contribution in [0.1, 0.15) is 33.6 Å². The van der Waals surface area contributed by atoms with Gasteiger partial charge >= 0.3 is 0 Å². The summed E-state index contributed by atoms with van der Waals surface area (Å²) in [4.78, 5) is 0. The van der Waals surface area contributed by atoms with E-state index in [9.17, 15) is 0 Å². The summed E-state index contributed by atoms with van der Waals surface area (Å²) in [6.45, 7) is 7.68. The maximum atomic E-state index is 6.18. The lowest BCUT2D eigenvalue weighted by molar-refractivity contribution is 0.170. The number of rotatable bonds is 5. The molecule has 2 nitrogen and oxygen atoms in total. The van der Waals surface area contributed by atoms with Crippen LogP contribution < -0.4 is 5.73 Å². The summed E-state index contributed by atoms with van der Waals surface area (Å²) in [7, 11) is 1.75. The predicted molar refractivity (Wildman–Crippen MR) is 55.5 cm³/mol. The molecule has 1 aliphatic rings. The highest BCUT2D eigenvalue weighted by Gasteiger charge is 2.49. The number of nitrogens with two attached hydrogens (primary N) is 1. The second-order valence-electron chi connectivity index (χ2n) is 5.14. The zero-order valence-electron chi connectivity index (χ0n) is 9.34. The van der Waals surface area contributed by atoms with Gasteiger partial charge in [-0.2, -0.15) is 0 Å². The summed E-state index contributed by atoms with van der Waals surface area (Å²) in [5.74, 6) is 1.33. The van der Waals surface area contributed by atoms with Gasteiger partial charge in [-0.05, 0) is 30.1 Å². The third-order valence-corrected chi connectivity index (χ3v) is 3.49. The van der Waals surface area contributed by atoms with Crippen molar-refractivity contribution >= 4 is 0 Å². The lowest BCUT2D eigenvalue weighted by Crippen LogP contribution is -2.32. The van der Waals surface area contributed by atoms with Crippen LogP contribution in [0.2, 0.25) is 0 Å². The fourth-order valence-electron chi connectivity index (χ4n) is 2.06. The molecule has 0 amide bonds. The lowest BCUT2D eigenvalue weighted by Gasteiger charge is -2.21. The average Bonchev–Trinajstić information content (AvgIpc) is 2.69. The molecule has 0 spiro atoms. The molecule has 0 aliphatic heterocycles. The Hall–Kier alpha value is -0.0800. The van der Waals surface area contributed by atoms with Crippen molar-refractivity contribution in [2.24, 2.45) is 23.0 Å². The molecule has 2 heteroatoms. The van der Waals surface area contributed by atoms with E-state index in [1.807, 2.05) is 0 Å². The van der Waals surface area contributed by atoms with Crippen LogP contribution in [0.4, 0.5) is 0 Å². The Bertz CT molecular complexity index is 167. The largest absolute Gasteiger partial charge is 0.385 e. The molecule has 78 valence electrons. The molecule has 0 aromatic rings. The standard InChI is InChI=1S/C11H23NO/c1-8(5-6-13-4)10(12)9-7-11(9,2)3/h8-10H,5-7,12H2,1-4H3. The van der Waals surface area contributed by atoms with E-state index >= 15 is 0 Å². The van der Waals surface area contributed by atoms with Crippen molar-refractivity contribution in [2.75, 3.05) is 13.7 Å². The SMILES string of the molecule is COCCC(C)C(N)C1CC1(C)C. The van der Waals surface area contributed by atoms with E-state index in [4.69, 9.17) is 10.5 Å².